The third-order valence-corrected chi connectivity index (χ3v) is 6.29. The van der Waals surface area contributed by atoms with Crippen molar-refractivity contribution < 1.29 is 8.42 Å². The Morgan fingerprint density at radius 3 is 2.28 bits per heavy atom. The fourth-order valence-electron chi connectivity index (χ4n) is 2.44. The number of rotatable bonds is 5. The maximum Gasteiger partial charge on any atom is 0.243 e. The van der Waals surface area contributed by atoms with Crippen molar-refractivity contribution in [2.45, 2.75) is 17.9 Å². The van der Waals surface area contributed by atoms with E-state index in [-0.39, 0.29) is 10.9 Å². The first-order valence-corrected chi connectivity index (χ1v) is 9.40. The zero-order chi connectivity index (χ0) is 18.0. The lowest BCUT2D eigenvalue weighted by Crippen LogP contribution is -2.29. The zero-order valence-corrected chi connectivity index (χ0v) is 15.3. The lowest BCUT2D eigenvalue weighted by molar-refractivity contribution is 0.398. The molecule has 25 heavy (non-hydrogen) atoms. The summed E-state index contributed by atoms with van der Waals surface area (Å²) in [4.78, 5) is 4.12. The van der Waals surface area contributed by atoms with Crippen molar-refractivity contribution in [3.8, 4) is 5.69 Å². The van der Waals surface area contributed by atoms with Gasteiger partial charge < -0.3 is 0 Å². The molecule has 1 heterocycles. The molecule has 3 rings (SSSR count). The Hall–Kier alpha value is -2.22. The summed E-state index contributed by atoms with van der Waals surface area (Å²) in [5.41, 5.74) is 1.74. The Balaban J connectivity index is 1.84. The normalized spacial score (nSPS) is 13.1. The van der Waals surface area contributed by atoms with Crippen molar-refractivity contribution in [1.29, 1.82) is 0 Å². The molecule has 3 aromatic rings. The SMILES string of the molecule is CC(c1ccc(-n2cncn2)cc1)N(C)S(=O)(=O)c1ccc(Cl)cc1. The van der Waals surface area contributed by atoms with Crippen molar-refractivity contribution >= 4 is 21.6 Å². The van der Waals surface area contributed by atoms with E-state index < -0.39 is 10.0 Å². The van der Waals surface area contributed by atoms with Crippen LogP contribution in [0.25, 0.3) is 5.69 Å². The first-order chi connectivity index (χ1) is 11.9. The molecule has 0 bridgehead atoms. The van der Waals surface area contributed by atoms with E-state index in [9.17, 15) is 8.42 Å². The van der Waals surface area contributed by atoms with E-state index in [1.165, 1.54) is 22.8 Å². The number of aromatic nitrogens is 3. The molecule has 1 atom stereocenters. The van der Waals surface area contributed by atoms with Gasteiger partial charge >= 0.3 is 0 Å². The molecule has 0 aliphatic carbocycles. The van der Waals surface area contributed by atoms with E-state index in [2.05, 4.69) is 10.1 Å². The third kappa shape index (κ3) is 3.58. The largest absolute Gasteiger partial charge is 0.243 e. The van der Waals surface area contributed by atoms with E-state index in [0.29, 0.717) is 5.02 Å². The van der Waals surface area contributed by atoms with Crippen molar-refractivity contribution in [2.75, 3.05) is 7.05 Å². The van der Waals surface area contributed by atoms with Gasteiger partial charge in [-0.25, -0.2) is 18.1 Å². The summed E-state index contributed by atoms with van der Waals surface area (Å²) in [6.45, 7) is 1.85. The molecule has 1 aromatic heterocycles. The van der Waals surface area contributed by atoms with Crippen molar-refractivity contribution in [3.05, 3.63) is 71.8 Å². The fraction of sp³-hybridized carbons (Fsp3) is 0.176. The highest BCUT2D eigenvalue weighted by molar-refractivity contribution is 7.89. The first-order valence-electron chi connectivity index (χ1n) is 7.58. The zero-order valence-electron chi connectivity index (χ0n) is 13.7. The van der Waals surface area contributed by atoms with Crippen LogP contribution in [0.15, 0.2) is 66.1 Å². The van der Waals surface area contributed by atoms with E-state index >= 15 is 0 Å². The van der Waals surface area contributed by atoms with Gasteiger partial charge in [0.1, 0.15) is 12.7 Å². The molecule has 8 heteroatoms. The van der Waals surface area contributed by atoms with Crippen LogP contribution in [0, 0.1) is 0 Å². The molecule has 1 unspecified atom stereocenters. The van der Waals surface area contributed by atoms with Gasteiger partial charge in [0.05, 0.1) is 10.6 Å². The van der Waals surface area contributed by atoms with Gasteiger partial charge in [0.2, 0.25) is 10.0 Å². The van der Waals surface area contributed by atoms with Gasteiger partial charge in [-0.3, -0.25) is 0 Å². The van der Waals surface area contributed by atoms with Crippen LogP contribution in [0.1, 0.15) is 18.5 Å². The molecule has 130 valence electrons. The standard InChI is InChI=1S/C17H17ClN4O2S/c1-13(14-3-7-16(8-4-14)22-12-19-11-20-22)21(2)25(23,24)17-9-5-15(18)6-10-17/h3-13H,1-2H3. The second-order valence-corrected chi connectivity index (χ2v) is 8.02. The Kier molecular flexibility index (Phi) is 4.89. The topological polar surface area (TPSA) is 68.1 Å². The maximum atomic E-state index is 12.8. The molecule has 6 nitrogen and oxygen atoms in total. The minimum Gasteiger partial charge on any atom is -0.223 e. The van der Waals surface area contributed by atoms with Gasteiger partial charge in [0.15, 0.2) is 0 Å². The smallest absolute Gasteiger partial charge is 0.223 e. The minimum atomic E-state index is -3.61. The van der Waals surface area contributed by atoms with Crippen molar-refractivity contribution in [3.63, 3.8) is 0 Å². The van der Waals surface area contributed by atoms with Crippen molar-refractivity contribution in [1.82, 2.24) is 19.1 Å². The summed E-state index contributed by atoms with van der Waals surface area (Å²) in [6.07, 6.45) is 3.07. The van der Waals surface area contributed by atoms with Crippen LogP contribution >= 0.6 is 11.6 Å². The van der Waals surface area contributed by atoms with Crippen LogP contribution in [0.3, 0.4) is 0 Å². The number of hydrogen-bond donors (Lipinski definition) is 0. The van der Waals surface area contributed by atoms with Gasteiger partial charge in [-0.15, -0.1) is 0 Å². The lowest BCUT2D eigenvalue weighted by atomic mass is 10.1. The minimum absolute atomic E-state index is 0.213. The van der Waals surface area contributed by atoms with Crippen LogP contribution < -0.4 is 0 Å². The van der Waals surface area contributed by atoms with Crippen LogP contribution in [0.5, 0.6) is 0 Å². The van der Waals surface area contributed by atoms with Crippen LogP contribution in [0.2, 0.25) is 5.02 Å². The molecular formula is C17H17ClN4O2S. The van der Waals surface area contributed by atoms with Gasteiger partial charge in [-0.1, -0.05) is 23.7 Å². The summed E-state index contributed by atoms with van der Waals surface area (Å²) >= 11 is 5.84. The number of benzene rings is 2. The van der Waals surface area contributed by atoms with E-state index in [1.807, 2.05) is 31.2 Å². The van der Waals surface area contributed by atoms with Gasteiger partial charge in [0.25, 0.3) is 0 Å². The molecule has 0 fully saturated rings. The molecule has 0 N–H and O–H groups in total. The number of hydrogen-bond acceptors (Lipinski definition) is 4. The molecule has 0 amide bonds. The molecular weight excluding hydrogens is 360 g/mol. The number of sulfonamides is 1. The molecule has 0 radical (unpaired) electrons. The highest BCUT2D eigenvalue weighted by atomic mass is 35.5. The van der Waals surface area contributed by atoms with E-state index in [4.69, 9.17) is 11.6 Å². The Morgan fingerprint density at radius 1 is 1.08 bits per heavy atom. The van der Waals surface area contributed by atoms with Crippen LogP contribution in [0.4, 0.5) is 0 Å². The Bertz CT molecular complexity index is 939. The molecule has 0 aliphatic rings. The number of halogens is 1. The monoisotopic (exact) mass is 376 g/mol. The van der Waals surface area contributed by atoms with Gasteiger partial charge in [0, 0.05) is 18.1 Å². The third-order valence-electron chi connectivity index (χ3n) is 4.09. The summed E-state index contributed by atoms with van der Waals surface area (Å²) in [5.74, 6) is 0. The van der Waals surface area contributed by atoms with Crippen LogP contribution in [-0.2, 0) is 10.0 Å². The highest BCUT2D eigenvalue weighted by Gasteiger charge is 2.26. The average Bonchev–Trinajstić information content (AvgIpc) is 3.15. The summed E-state index contributed by atoms with van der Waals surface area (Å²) < 4.78 is 28.5. The second kappa shape index (κ2) is 6.95. The lowest BCUT2D eigenvalue weighted by Gasteiger charge is -2.25. The van der Waals surface area contributed by atoms with Crippen molar-refractivity contribution in [2.24, 2.45) is 0 Å². The molecule has 0 saturated carbocycles. The Morgan fingerprint density at radius 2 is 1.72 bits per heavy atom. The molecule has 0 saturated heterocycles. The van der Waals surface area contributed by atoms with Gasteiger partial charge in [-0.05, 0) is 48.9 Å². The predicted molar refractivity (Wildman–Crippen MR) is 96.2 cm³/mol. The number of nitrogens with zero attached hydrogens (tertiary/aromatic N) is 4. The van der Waals surface area contributed by atoms with E-state index in [0.717, 1.165) is 11.3 Å². The first kappa shape index (κ1) is 17.6. The predicted octanol–water partition coefficient (Wildman–Crippen LogP) is 3.30. The maximum absolute atomic E-state index is 12.8. The van der Waals surface area contributed by atoms with Gasteiger partial charge in [-0.2, -0.15) is 9.40 Å². The molecule has 0 aliphatic heterocycles. The van der Waals surface area contributed by atoms with E-state index in [1.54, 1.807) is 30.2 Å². The molecule has 0 spiro atoms. The quantitative estimate of drug-likeness (QED) is 0.685. The summed E-state index contributed by atoms with van der Waals surface area (Å²) in [6, 6.07) is 13.4. The summed E-state index contributed by atoms with van der Waals surface area (Å²) in [5, 5.41) is 4.57. The Labute approximate surface area is 151 Å². The second-order valence-electron chi connectivity index (χ2n) is 5.58. The molecule has 2 aromatic carbocycles. The summed E-state index contributed by atoms with van der Waals surface area (Å²) in [7, 11) is -2.04. The highest BCUT2D eigenvalue weighted by Crippen LogP contribution is 2.27. The van der Waals surface area contributed by atoms with Crippen LogP contribution in [-0.4, -0.2) is 34.5 Å². The average molecular weight is 377 g/mol. The fourth-order valence-corrected chi connectivity index (χ4v) is 3.91.